The molecule has 1 aromatic carbocycles. The molecule has 0 saturated heterocycles. The molecule has 0 fully saturated rings. The molecule has 0 radical (unpaired) electrons. The number of carbonyl (C=O) groups excluding carboxylic acids is 3. The molecule has 8 heteroatoms. The first-order valence-electron chi connectivity index (χ1n) is 6.71. The summed E-state index contributed by atoms with van der Waals surface area (Å²) in [5.41, 5.74) is 0. The van der Waals surface area contributed by atoms with E-state index in [1.807, 2.05) is 0 Å². The van der Waals surface area contributed by atoms with E-state index < -0.39 is 18.2 Å². The summed E-state index contributed by atoms with van der Waals surface area (Å²) in [5, 5.41) is 2.35. The average molecular weight is 323 g/mol. The lowest BCUT2D eigenvalue weighted by molar-refractivity contribution is -0.138. The van der Waals surface area contributed by atoms with Crippen LogP contribution in [0.15, 0.2) is 43.0 Å². The van der Waals surface area contributed by atoms with Crippen LogP contribution in [0.25, 0.3) is 0 Å². The third kappa shape index (κ3) is 8.76. The van der Waals surface area contributed by atoms with Crippen molar-refractivity contribution in [2.45, 2.75) is 0 Å². The van der Waals surface area contributed by atoms with Crippen LogP contribution in [-0.2, 0) is 19.0 Å². The van der Waals surface area contributed by atoms with Gasteiger partial charge in [-0.15, -0.1) is 0 Å². The van der Waals surface area contributed by atoms with Gasteiger partial charge in [0, 0.05) is 6.08 Å². The Balaban J connectivity index is 2.03. The molecule has 0 unspecified atom stereocenters. The van der Waals surface area contributed by atoms with E-state index in [4.69, 9.17) is 14.2 Å². The highest BCUT2D eigenvalue weighted by atomic mass is 16.7. The first-order valence-corrected chi connectivity index (χ1v) is 6.71. The van der Waals surface area contributed by atoms with Crippen molar-refractivity contribution in [2.75, 3.05) is 26.4 Å². The fourth-order valence-electron chi connectivity index (χ4n) is 1.29. The van der Waals surface area contributed by atoms with E-state index in [0.717, 1.165) is 6.08 Å². The minimum Gasteiger partial charge on any atom is -0.459 e. The first-order chi connectivity index (χ1) is 11.1. The second-order valence-electron chi connectivity index (χ2n) is 3.95. The second kappa shape index (κ2) is 10.7. The van der Waals surface area contributed by atoms with Crippen molar-refractivity contribution in [3.63, 3.8) is 0 Å². The SMILES string of the molecule is C=CC(=O)OCCOC(=O)NCCOC(=O)Oc1ccccc1. The van der Waals surface area contributed by atoms with Gasteiger partial charge in [0.2, 0.25) is 0 Å². The third-order valence-corrected chi connectivity index (χ3v) is 2.26. The van der Waals surface area contributed by atoms with Gasteiger partial charge in [0.05, 0.1) is 6.54 Å². The Kier molecular flexibility index (Phi) is 8.35. The lowest BCUT2D eigenvalue weighted by Crippen LogP contribution is -2.30. The summed E-state index contributed by atoms with van der Waals surface area (Å²) in [4.78, 5) is 33.2. The number of hydrogen-bond donors (Lipinski definition) is 1. The van der Waals surface area contributed by atoms with Crippen LogP contribution in [0, 0.1) is 0 Å². The van der Waals surface area contributed by atoms with Crippen molar-refractivity contribution in [2.24, 2.45) is 0 Å². The molecular weight excluding hydrogens is 306 g/mol. The van der Waals surface area contributed by atoms with Crippen LogP contribution < -0.4 is 10.1 Å². The topological polar surface area (TPSA) is 100 Å². The summed E-state index contributed by atoms with van der Waals surface area (Å²) in [6.07, 6.45) is -0.589. The fourth-order valence-corrected chi connectivity index (χ4v) is 1.29. The summed E-state index contributed by atoms with van der Waals surface area (Å²) >= 11 is 0. The summed E-state index contributed by atoms with van der Waals surface area (Å²) < 4.78 is 18.9. The van der Waals surface area contributed by atoms with E-state index in [2.05, 4.69) is 16.6 Å². The minimum atomic E-state index is -0.872. The molecule has 1 amide bonds. The molecule has 0 heterocycles. The Morgan fingerprint density at radius 3 is 2.39 bits per heavy atom. The largest absolute Gasteiger partial charge is 0.513 e. The molecule has 23 heavy (non-hydrogen) atoms. The molecule has 0 saturated carbocycles. The van der Waals surface area contributed by atoms with Gasteiger partial charge in [-0.25, -0.2) is 14.4 Å². The summed E-state index contributed by atoms with van der Waals surface area (Å²) in [7, 11) is 0. The molecule has 0 atom stereocenters. The molecule has 8 nitrogen and oxygen atoms in total. The summed E-state index contributed by atoms with van der Waals surface area (Å²) in [6.45, 7) is 3.03. The Morgan fingerprint density at radius 2 is 1.70 bits per heavy atom. The van der Waals surface area contributed by atoms with E-state index in [1.165, 1.54) is 0 Å². The van der Waals surface area contributed by atoms with Crippen molar-refractivity contribution in [1.82, 2.24) is 5.32 Å². The predicted molar refractivity (Wildman–Crippen MR) is 78.9 cm³/mol. The van der Waals surface area contributed by atoms with Crippen molar-refractivity contribution in [1.29, 1.82) is 0 Å². The monoisotopic (exact) mass is 323 g/mol. The van der Waals surface area contributed by atoms with Crippen LogP contribution in [0.3, 0.4) is 0 Å². The number of esters is 1. The normalized spacial score (nSPS) is 9.39. The maximum atomic E-state index is 11.3. The number of amides is 1. The zero-order chi connectivity index (χ0) is 16.9. The fraction of sp³-hybridized carbons (Fsp3) is 0.267. The van der Waals surface area contributed by atoms with Gasteiger partial charge in [-0.1, -0.05) is 24.8 Å². The number of hydrogen-bond acceptors (Lipinski definition) is 7. The van der Waals surface area contributed by atoms with Crippen molar-refractivity contribution >= 4 is 18.2 Å². The Bertz CT molecular complexity index is 530. The molecule has 0 bridgehead atoms. The maximum absolute atomic E-state index is 11.3. The van der Waals surface area contributed by atoms with Gasteiger partial charge in [0.25, 0.3) is 0 Å². The maximum Gasteiger partial charge on any atom is 0.513 e. The van der Waals surface area contributed by atoms with Gasteiger partial charge in [-0.3, -0.25) is 0 Å². The molecule has 0 aliphatic carbocycles. The number of nitrogens with one attached hydrogen (secondary N) is 1. The highest BCUT2D eigenvalue weighted by Crippen LogP contribution is 2.08. The Hall–Kier alpha value is -3.03. The first kappa shape index (κ1) is 18.0. The smallest absolute Gasteiger partial charge is 0.459 e. The minimum absolute atomic E-state index is 0.0508. The molecule has 0 spiro atoms. The van der Waals surface area contributed by atoms with Crippen molar-refractivity contribution in [3.8, 4) is 5.75 Å². The molecule has 0 aliphatic heterocycles. The molecule has 1 rings (SSSR count). The van der Waals surface area contributed by atoms with Crippen LogP contribution in [0.4, 0.5) is 9.59 Å². The van der Waals surface area contributed by atoms with E-state index in [0.29, 0.717) is 5.75 Å². The van der Waals surface area contributed by atoms with Crippen molar-refractivity contribution in [3.05, 3.63) is 43.0 Å². The van der Waals surface area contributed by atoms with Crippen LogP contribution >= 0.6 is 0 Å². The molecule has 0 aromatic heterocycles. The third-order valence-electron chi connectivity index (χ3n) is 2.26. The van der Waals surface area contributed by atoms with E-state index >= 15 is 0 Å². The zero-order valence-electron chi connectivity index (χ0n) is 12.4. The molecule has 1 N–H and O–H groups in total. The highest BCUT2D eigenvalue weighted by molar-refractivity contribution is 5.81. The number of para-hydroxylation sites is 1. The molecule has 0 aliphatic rings. The quantitative estimate of drug-likeness (QED) is 0.255. The number of carbonyl (C=O) groups is 3. The van der Waals surface area contributed by atoms with Crippen LogP contribution in [-0.4, -0.2) is 44.6 Å². The zero-order valence-corrected chi connectivity index (χ0v) is 12.4. The summed E-state index contributed by atoms with van der Waals surface area (Å²) in [6, 6.07) is 8.43. The standard InChI is InChI=1S/C15H17NO7/c1-2-13(17)20-10-11-21-14(18)16-8-9-22-15(19)23-12-6-4-3-5-7-12/h2-7H,1,8-11H2,(H,16,18). The van der Waals surface area contributed by atoms with Crippen molar-refractivity contribution < 1.29 is 33.3 Å². The molecule has 124 valence electrons. The molecule has 1 aromatic rings. The molecular formula is C15H17NO7. The number of rotatable bonds is 8. The van der Waals surface area contributed by atoms with Crippen LogP contribution in [0.5, 0.6) is 5.75 Å². The number of ether oxygens (including phenoxy) is 4. The average Bonchev–Trinajstić information content (AvgIpc) is 2.56. The Labute approximate surface area is 133 Å². The van der Waals surface area contributed by atoms with Gasteiger partial charge in [-0.05, 0) is 12.1 Å². The van der Waals surface area contributed by atoms with E-state index in [-0.39, 0.29) is 26.4 Å². The van der Waals surface area contributed by atoms with Gasteiger partial charge in [0.1, 0.15) is 25.6 Å². The predicted octanol–water partition coefficient (Wildman–Crippen LogP) is 1.66. The number of benzene rings is 1. The van der Waals surface area contributed by atoms with E-state index in [1.54, 1.807) is 30.3 Å². The second-order valence-corrected chi connectivity index (χ2v) is 3.95. The Morgan fingerprint density at radius 1 is 1.00 bits per heavy atom. The van der Waals surface area contributed by atoms with Gasteiger partial charge in [-0.2, -0.15) is 0 Å². The van der Waals surface area contributed by atoms with Gasteiger partial charge >= 0.3 is 18.2 Å². The highest BCUT2D eigenvalue weighted by Gasteiger charge is 2.06. The van der Waals surface area contributed by atoms with Gasteiger partial charge in [0.15, 0.2) is 0 Å². The lowest BCUT2D eigenvalue weighted by atomic mass is 10.3. The van der Waals surface area contributed by atoms with Crippen LogP contribution in [0.1, 0.15) is 0 Å². The van der Waals surface area contributed by atoms with Gasteiger partial charge < -0.3 is 24.3 Å². The number of alkyl carbamates (subject to hydrolysis) is 1. The van der Waals surface area contributed by atoms with E-state index in [9.17, 15) is 14.4 Å². The lowest BCUT2D eigenvalue weighted by Gasteiger charge is -2.08. The summed E-state index contributed by atoms with van der Waals surface area (Å²) in [5.74, 6) is -0.238. The van der Waals surface area contributed by atoms with Crippen LogP contribution in [0.2, 0.25) is 0 Å².